The maximum atomic E-state index is 12.2. The van der Waals surface area contributed by atoms with Crippen molar-refractivity contribution in [2.45, 2.75) is 33.2 Å². The molecular formula is C20H24N2O3. The number of aromatic nitrogens is 1. The number of hydrogen-bond donors (Lipinski definition) is 1. The molecule has 0 saturated carbocycles. The van der Waals surface area contributed by atoms with Crippen molar-refractivity contribution in [1.82, 2.24) is 10.3 Å². The normalized spacial score (nSPS) is 11.8. The van der Waals surface area contributed by atoms with E-state index in [2.05, 4.69) is 29.4 Å². The SMILES string of the molecule is CCc1ccc([C@H](NC(=O)COC(=O)c2ccccn2)C(C)C)cc1. The highest BCUT2D eigenvalue weighted by atomic mass is 16.5. The number of pyridine rings is 1. The fourth-order valence-electron chi connectivity index (χ4n) is 2.50. The summed E-state index contributed by atoms with van der Waals surface area (Å²) in [6.45, 7) is 5.86. The van der Waals surface area contributed by atoms with E-state index in [4.69, 9.17) is 4.74 Å². The number of nitrogens with zero attached hydrogens (tertiary/aromatic N) is 1. The molecule has 0 aliphatic rings. The number of benzene rings is 1. The molecule has 0 spiro atoms. The van der Waals surface area contributed by atoms with E-state index in [0.29, 0.717) is 0 Å². The highest BCUT2D eigenvalue weighted by molar-refractivity contribution is 5.89. The first kappa shape index (κ1) is 18.6. The van der Waals surface area contributed by atoms with Gasteiger partial charge in [0.15, 0.2) is 6.61 Å². The smallest absolute Gasteiger partial charge is 0.357 e. The summed E-state index contributed by atoms with van der Waals surface area (Å²) in [6.07, 6.45) is 2.48. The Morgan fingerprint density at radius 1 is 1.12 bits per heavy atom. The minimum atomic E-state index is -0.607. The average Bonchev–Trinajstić information content (AvgIpc) is 2.64. The molecule has 0 aliphatic carbocycles. The summed E-state index contributed by atoms with van der Waals surface area (Å²) in [4.78, 5) is 27.9. The molecule has 132 valence electrons. The monoisotopic (exact) mass is 340 g/mol. The summed E-state index contributed by atoms with van der Waals surface area (Å²) < 4.78 is 5.03. The fourth-order valence-corrected chi connectivity index (χ4v) is 2.50. The molecule has 1 aromatic carbocycles. The second-order valence-electron chi connectivity index (χ2n) is 6.18. The Labute approximate surface area is 148 Å². The van der Waals surface area contributed by atoms with E-state index in [0.717, 1.165) is 12.0 Å². The second-order valence-corrected chi connectivity index (χ2v) is 6.18. The van der Waals surface area contributed by atoms with Gasteiger partial charge in [0.2, 0.25) is 0 Å². The van der Waals surface area contributed by atoms with Crippen LogP contribution in [0.1, 0.15) is 48.4 Å². The van der Waals surface area contributed by atoms with Gasteiger partial charge in [-0.25, -0.2) is 9.78 Å². The third-order valence-electron chi connectivity index (χ3n) is 3.94. The number of ether oxygens (including phenoxy) is 1. The number of rotatable bonds is 7. The first-order valence-electron chi connectivity index (χ1n) is 8.47. The lowest BCUT2D eigenvalue weighted by Crippen LogP contribution is -2.35. The molecule has 0 unspecified atom stereocenters. The Morgan fingerprint density at radius 2 is 1.84 bits per heavy atom. The first-order chi connectivity index (χ1) is 12.0. The molecule has 0 saturated heterocycles. The van der Waals surface area contributed by atoms with E-state index in [1.54, 1.807) is 18.2 Å². The number of carbonyl (C=O) groups is 2. The van der Waals surface area contributed by atoms with E-state index >= 15 is 0 Å². The van der Waals surface area contributed by atoms with Crippen LogP contribution in [0, 0.1) is 5.92 Å². The Balaban J connectivity index is 1.94. The third-order valence-corrected chi connectivity index (χ3v) is 3.94. The zero-order chi connectivity index (χ0) is 18.2. The zero-order valence-electron chi connectivity index (χ0n) is 14.9. The fraction of sp³-hybridized carbons (Fsp3) is 0.350. The average molecular weight is 340 g/mol. The lowest BCUT2D eigenvalue weighted by Gasteiger charge is -2.23. The summed E-state index contributed by atoms with van der Waals surface area (Å²) in [7, 11) is 0. The van der Waals surface area contributed by atoms with Crippen molar-refractivity contribution in [3.63, 3.8) is 0 Å². The molecular weight excluding hydrogens is 316 g/mol. The van der Waals surface area contributed by atoms with Gasteiger partial charge < -0.3 is 10.1 Å². The molecule has 1 atom stereocenters. The lowest BCUT2D eigenvalue weighted by atomic mass is 9.95. The van der Waals surface area contributed by atoms with Crippen LogP contribution in [0.5, 0.6) is 0 Å². The van der Waals surface area contributed by atoms with Crippen LogP contribution in [0.25, 0.3) is 0 Å². The predicted octanol–water partition coefficient (Wildman–Crippen LogP) is 3.31. The van der Waals surface area contributed by atoms with E-state index < -0.39 is 5.97 Å². The van der Waals surface area contributed by atoms with Crippen LogP contribution in [0.3, 0.4) is 0 Å². The molecule has 2 aromatic rings. The molecule has 1 aromatic heterocycles. The molecule has 1 heterocycles. The third kappa shape index (κ3) is 5.41. The molecule has 0 radical (unpaired) electrons. The molecule has 0 bridgehead atoms. The van der Waals surface area contributed by atoms with Gasteiger partial charge in [0.25, 0.3) is 5.91 Å². The van der Waals surface area contributed by atoms with Crippen LogP contribution in [-0.2, 0) is 16.0 Å². The standard InChI is InChI=1S/C20H24N2O3/c1-4-15-8-10-16(11-9-15)19(14(2)3)22-18(23)13-25-20(24)17-7-5-6-12-21-17/h5-12,14,19H,4,13H2,1-3H3,(H,22,23)/t19-/m1/s1. The van der Waals surface area contributed by atoms with Gasteiger partial charge in [-0.2, -0.15) is 0 Å². The molecule has 0 aliphatic heterocycles. The van der Waals surface area contributed by atoms with Crippen molar-refractivity contribution >= 4 is 11.9 Å². The van der Waals surface area contributed by atoms with Crippen LogP contribution in [-0.4, -0.2) is 23.5 Å². The zero-order valence-corrected chi connectivity index (χ0v) is 14.9. The minimum Gasteiger partial charge on any atom is -0.451 e. The minimum absolute atomic E-state index is 0.132. The van der Waals surface area contributed by atoms with Gasteiger partial charge in [-0.1, -0.05) is 51.1 Å². The summed E-state index contributed by atoms with van der Waals surface area (Å²) >= 11 is 0. The number of aryl methyl sites for hydroxylation is 1. The van der Waals surface area contributed by atoms with Crippen LogP contribution in [0.4, 0.5) is 0 Å². The molecule has 5 nitrogen and oxygen atoms in total. The number of nitrogens with one attached hydrogen (secondary N) is 1. The Morgan fingerprint density at radius 3 is 2.40 bits per heavy atom. The number of esters is 1. The van der Waals surface area contributed by atoms with Gasteiger partial charge in [-0.15, -0.1) is 0 Å². The summed E-state index contributed by atoms with van der Waals surface area (Å²) in [5, 5.41) is 2.94. The maximum Gasteiger partial charge on any atom is 0.357 e. The summed E-state index contributed by atoms with van der Waals surface area (Å²) in [5.41, 5.74) is 2.48. The maximum absolute atomic E-state index is 12.2. The Bertz CT molecular complexity index is 697. The van der Waals surface area contributed by atoms with E-state index in [1.807, 2.05) is 26.0 Å². The highest BCUT2D eigenvalue weighted by Crippen LogP contribution is 2.22. The number of hydrogen-bond acceptors (Lipinski definition) is 4. The summed E-state index contributed by atoms with van der Waals surface area (Å²) in [6, 6.07) is 13.0. The summed E-state index contributed by atoms with van der Waals surface area (Å²) in [5.74, 6) is -0.727. The van der Waals surface area contributed by atoms with Crippen molar-refractivity contribution in [2.24, 2.45) is 5.92 Å². The molecule has 5 heteroatoms. The Hall–Kier alpha value is -2.69. The molecule has 1 amide bonds. The van der Waals surface area contributed by atoms with Gasteiger partial charge in [-0.05, 0) is 35.6 Å². The van der Waals surface area contributed by atoms with Gasteiger partial charge in [0, 0.05) is 6.20 Å². The van der Waals surface area contributed by atoms with Crippen molar-refractivity contribution < 1.29 is 14.3 Å². The molecule has 0 fully saturated rings. The van der Waals surface area contributed by atoms with Crippen molar-refractivity contribution in [2.75, 3.05) is 6.61 Å². The quantitative estimate of drug-likeness (QED) is 0.785. The molecule has 1 N–H and O–H groups in total. The number of amides is 1. The number of carbonyl (C=O) groups excluding carboxylic acids is 2. The topological polar surface area (TPSA) is 68.3 Å². The Kier molecular flexibility index (Phi) is 6.69. The van der Waals surface area contributed by atoms with Crippen molar-refractivity contribution in [3.8, 4) is 0 Å². The van der Waals surface area contributed by atoms with Crippen molar-refractivity contribution in [3.05, 3.63) is 65.5 Å². The van der Waals surface area contributed by atoms with E-state index in [9.17, 15) is 9.59 Å². The molecule has 25 heavy (non-hydrogen) atoms. The van der Waals surface area contributed by atoms with Gasteiger partial charge >= 0.3 is 5.97 Å². The lowest BCUT2D eigenvalue weighted by molar-refractivity contribution is -0.125. The first-order valence-corrected chi connectivity index (χ1v) is 8.47. The van der Waals surface area contributed by atoms with Crippen LogP contribution < -0.4 is 5.32 Å². The van der Waals surface area contributed by atoms with E-state index in [-0.39, 0.29) is 30.2 Å². The largest absolute Gasteiger partial charge is 0.451 e. The molecule has 2 rings (SSSR count). The second kappa shape index (κ2) is 8.97. The van der Waals surface area contributed by atoms with Gasteiger partial charge in [0.1, 0.15) is 5.69 Å². The van der Waals surface area contributed by atoms with Crippen molar-refractivity contribution in [1.29, 1.82) is 0 Å². The predicted molar refractivity (Wildman–Crippen MR) is 96.1 cm³/mol. The van der Waals surface area contributed by atoms with E-state index in [1.165, 1.54) is 11.8 Å². The van der Waals surface area contributed by atoms with Crippen LogP contribution in [0.15, 0.2) is 48.7 Å². The van der Waals surface area contributed by atoms with Gasteiger partial charge in [0.05, 0.1) is 6.04 Å². The van der Waals surface area contributed by atoms with Gasteiger partial charge in [-0.3, -0.25) is 4.79 Å². The highest BCUT2D eigenvalue weighted by Gasteiger charge is 2.19. The van der Waals surface area contributed by atoms with Crippen LogP contribution >= 0.6 is 0 Å². The van der Waals surface area contributed by atoms with Crippen LogP contribution in [0.2, 0.25) is 0 Å².